The number of amides is 1. The molecular weight excluding hydrogens is 512 g/mol. The molecule has 204 valence electrons. The van der Waals surface area contributed by atoms with Crippen LogP contribution >= 0.6 is 12.4 Å². The number of nitrogens with zero attached hydrogens (tertiary/aromatic N) is 3. The normalized spacial score (nSPS) is 16.8. The maximum absolute atomic E-state index is 13.7. The molecule has 1 atom stereocenters. The molecule has 37 heavy (non-hydrogen) atoms. The zero-order chi connectivity index (χ0) is 25.5. The molecule has 2 aromatic rings. The summed E-state index contributed by atoms with van der Waals surface area (Å²) in [5, 5.41) is 7.98. The molecule has 0 saturated carbocycles. The molecule has 0 aliphatic carbocycles. The zero-order valence-corrected chi connectivity index (χ0v) is 23.3. The van der Waals surface area contributed by atoms with Gasteiger partial charge >= 0.3 is 0 Å². The second-order valence-electron chi connectivity index (χ2n) is 9.66. The molecule has 1 amide bonds. The monoisotopic (exact) mass is 550 g/mol. The number of nitrogens with one attached hydrogen (secondary N) is 3. The topological polar surface area (TPSA) is 106 Å². The number of carbonyl (C=O) groups excluding carboxylic acids is 1. The number of hydrogen-bond donors (Lipinski definition) is 3. The van der Waals surface area contributed by atoms with Crippen molar-refractivity contribution in [2.24, 2.45) is 4.99 Å². The number of sulfonamides is 1. The predicted octanol–water partition coefficient (Wildman–Crippen LogP) is 2.71. The Morgan fingerprint density at radius 2 is 1.81 bits per heavy atom. The van der Waals surface area contributed by atoms with E-state index in [1.54, 1.807) is 12.1 Å². The largest absolute Gasteiger partial charge is 0.377 e. The van der Waals surface area contributed by atoms with Gasteiger partial charge in [0.15, 0.2) is 5.96 Å². The smallest absolute Gasteiger partial charge is 0.241 e. The highest BCUT2D eigenvalue weighted by molar-refractivity contribution is 7.89. The Bertz CT molecular complexity index is 1200. The van der Waals surface area contributed by atoms with Crippen LogP contribution in [0.2, 0.25) is 0 Å². The summed E-state index contributed by atoms with van der Waals surface area (Å²) in [5.41, 5.74) is 0.941. The number of hydrogen-bond acceptors (Lipinski definition) is 7. The molecule has 1 fully saturated rings. The van der Waals surface area contributed by atoms with Gasteiger partial charge in [0.2, 0.25) is 15.9 Å². The summed E-state index contributed by atoms with van der Waals surface area (Å²) < 4.78 is 30.1. The third-order valence-electron chi connectivity index (χ3n) is 6.75. The quantitative estimate of drug-likeness (QED) is 0.415. The molecule has 3 N–H and O–H groups in total. The Morgan fingerprint density at radius 1 is 1.08 bits per heavy atom. The van der Waals surface area contributed by atoms with Crippen LogP contribution in [-0.2, 0) is 14.8 Å². The number of fused-ring (bicyclic) bond motifs is 1. The van der Waals surface area contributed by atoms with Crippen LogP contribution in [0.3, 0.4) is 0 Å². The number of rotatable bonds is 9. The van der Waals surface area contributed by atoms with Crippen LogP contribution < -0.4 is 20.3 Å². The predicted molar refractivity (Wildman–Crippen MR) is 152 cm³/mol. The fourth-order valence-electron chi connectivity index (χ4n) is 4.87. The van der Waals surface area contributed by atoms with Gasteiger partial charge in [-0.25, -0.2) is 8.42 Å². The third-order valence-corrected chi connectivity index (χ3v) is 8.28. The van der Waals surface area contributed by atoms with Gasteiger partial charge in [-0.3, -0.25) is 9.79 Å². The molecule has 1 saturated heterocycles. The van der Waals surface area contributed by atoms with E-state index in [1.807, 2.05) is 48.2 Å². The first kappa shape index (κ1) is 29.0. The summed E-state index contributed by atoms with van der Waals surface area (Å²) in [5.74, 6) is 0.633. The van der Waals surface area contributed by atoms with Crippen molar-refractivity contribution in [2.75, 3.05) is 51.7 Å². The van der Waals surface area contributed by atoms with Crippen molar-refractivity contribution in [3.05, 3.63) is 36.4 Å². The number of likely N-dealkylation sites (tertiary alicyclic amines) is 1. The number of halogens is 1. The second-order valence-corrected chi connectivity index (χ2v) is 11.3. The van der Waals surface area contributed by atoms with Crippen molar-refractivity contribution in [3.8, 4) is 0 Å². The molecule has 0 spiro atoms. The number of carbonyl (C=O) groups is 1. The van der Waals surface area contributed by atoms with Gasteiger partial charge in [0, 0.05) is 63.3 Å². The summed E-state index contributed by atoms with van der Waals surface area (Å²) >= 11 is 0. The van der Waals surface area contributed by atoms with Crippen molar-refractivity contribution in [1.82, 2.24) is 20.3 Å². The molecule has 2 heterocycles. The Labute approximate surface area is 226 Å². The number of benzene rings is 2. The molecule has 1 unspecified atom stereocenters. The minimum atomic E-state index is -3.94. The highest BCUT2D eigenvalue weighted by Crippen LogP contribution is 2.30. The van der Waals surface area contributed by atoms with Gasteiger partial charge in [0.1, 0.15) is 6.04 Å². The van der Waals surface area contributed by atoms with Gasteiger partial charge in [0.05, 0.1) is 4.90 Å². The summed E-state index contributed by atoms with van der Waals surface area (Å²) in [6.07, 6.45) is 5.06. The Hall–Kier alpha value is -2.56. The van der Waals surface area contributed by atoms with Crippen molar-refractivity contribution in [2.45, 2.75) is 49.5 Å². The van der Waals surface area contributed by atoms with Gasteiger partial charge in [-0.1, -0.05) is 24.3 Å². The van der Waals surface area contributed by atoms with E-state index in [0.717, 1.165) is 55.8 Å². The minimum Gasteiger partial charge on any atom is -0.377 e. The summed E-state index contributed by atoms with van der Waals surface area (Å²) in [4.78, 5) is 21.8. The van der Waals surface area contributed by atoms with Gasteiger partial charge < -0.3 is 20.4 Å². The van der Waals surface area contributed by atoms with Gasteiger partial charge in [0.25, 0.3) is 0 Å². The summed E-state index contributed by atoms with van der Waals surface area (Å²) in [6, 6.07) is 10.1. The Morgan fingerprint density at radius 3 is 2.51 bits per heavy atom. The van der Waals surface area contributed by atoms with Crippen LogP contribution in [0, 0.1) is 0 Å². The van der Waals surface area contributed by atoms with E-state index in [0.29, 0.717) is 37.9 Å². The van der Waals surface area contributed by atoms with Crippen LogP contribution in [0.5, 0.6) is 0 Å². The highest BCUT2D eigenvalue weighted by atomic mass is 35.5. The van der Waals surface area contributed by atoms with E-state index in [9.17, 15) is 13.2 Å². The molecule has 0 radical (unpaired) electrons. The summed E-state index contributed by atoms with van der Waals surface area (Å²) in [7, 11) is -0.0734. The van der Waals surface area contributed by atoms with E-state index < -0.39 is 16.1 Å². The lowest BCUT2D eigenvalue weighted by Crippen LogP contribution is -2.50. The van der Waals surface area contributed by atoms with E-state index in [4.69, 9.17) is 0 Å². The lowest BCUT2D eigenvalue weighted by molar-refractivity contribution is -0.134. The second kappa shape index (κ2) is 13.3. The fraction of sp³-hybridized carbons (Fsp3) is 0.538. The van der Waals surface area contributed by atoms with Crippen LogP contribution in [0.4, 0.5) is 5.69 Å². The van der Waals surface area contributed by atoms with E-state index in [1.165, 1.54) is 0 Å². The molecule has 11 heteroatoms. The standard InChI is InChI=1S/C26H38N6O3S.ClH/c1-31(2)23-13-6-11-21-20(23)10-7-14-24(21)36(34,35)30-22(25(33)32-18-4-3-5-19-32)12-8-15-27-26-28-16-9-17-29-26;/h6-7,10-11,13-14,22,30H,3-5,8-9,12,15-19H2,1-2H3,(H2,27,28,29);1H. The fourth-order valence-corrected chi connectivity index (χ4v) is 6.32. The molecule has 0 bridgehead atoms. The summed E-state index contributed by atoms with van der Waals surface area (Å²) in [6.45, 7) is 3.65. The minimum absolute atomic E-state index is 0. The van der Waals surface area contributed by atoms with Crippen molar-refractivity contribution in [1.29, 1.82) is 0 Å². The molecule has 4 rings (SSSR count). The maximum atomic E-state index is 13.7. The molecule has 0 aromatic heterocycles. The van der Waals surface area contributed by atoms with Gasteiger partial charge in [-0.05, 0) is 50.7 Å². The van der Waals surface area contributed by atoms with Crippen LogP contribution in [0.15, 0.2) is 46.3 Å². The first-order valence-electron chi connectivity index (χ1n) is 12.9. The molecule has 2 aromatic carbocycles. The van der Waals surface area contributed by atoms with E-state index >= 15 is 0 Å². The lowest BCUT2D eigenvalue weighted by Gasteiger charge is -2.31. The van der Waals surface area contributed by atoms with Crippen LogP contribution in [-0.4, -0.2) is 78.0 Å². The first-order valence-corrected chi connectivity index (χ1v) is 14.4. The SMILES string of the molecule is CN(C)c1cccc2c(S(=O)(=O)NC(CCCNC3=NCCCN3)C(=O)N3CCCCC3)cccc12.Cl. The average Bonchev–Trinajstić information content (AvgIpc) is 2.90. The van der Waals surface area contributed by atoms with Gasteiger partial charge in [-0.15, -0.1) is 12.4 Å². The van der Waals surface area contributed by atoms with Crippen molar-refractivity contribution < 1.29 is 13.2 Å². The first-order chi connectivity index (χ1) is 17.4. The number of guanidine groups is 1. The van der Waals surface area contributed by atoms with E-state index in [2.05, 4.69) is 20.3 Å². The van der Waals surface area contributed by atoms with Crippen LogP contribution in [0.1, 0.15) is 38.5 Å². The molecule has 2 aliphatic rings. The van der Waals surface area contributed by atoms with Crippen molar-refractivity contribution >= 4 is 50.8 Å². The number of piperidine rings is 1. The molecule has 2 aliphatic heterocycles. The lowest BCUT2D eigenvalue weighted by atomic mass is 10.1. The van der Waals surface area contributed by atoms with Crippen LogP contribution in [0.25, 0.3) is 10.8 Å². The Kier molecular flexibility index (Phi) is 10.4. The molecular formula is C26H39ClN6O3S. The van der Waals surface area contributed by atoms with Gasteiger partial charge in [-0.2, -0.15) is 4.72 Å². The average molecular weight is 551 g/mol. The number of anilines is 1. The molecule has 9 nitrogen and oxygen atoms in total. The Balaban J connectivity index is 0.00000380. The third kappa shape index (κ3) is 7.27. The highest BCUT2D eigenvalue weighted by Gasteiger charge is 2.30. The maximum Gasteiger partial charge on any atom is 0.241 e. The van der Waals surface area contributed by atoms with E-state index in [-0.39, 0.29) is 23.2 Å². The van der Waals surface area contributed by atoms with Crippen molar-refractivity contribution in [3.63, 3.8) is 0 Å². The number of aliphatic imine (C=N–C) groups is 1. The zero-order valence-electron chi connectivity index (χ0n) is 21.7.